The Morgan fingerprint density at radius 2 is 1.85 bits per heavy atom. The van der Waals surface area contributed by atoms with Gasteiger partial charge >= 0.3 is 8.80 Å². The minimum absolute atomic E-state index is 0.159. The third-order valence-corrected chi connectivity index (χ3v) is 3.53. The lowest BCUT2D eigenvalue weighted by molar-refractivity contribution is 0.214. The van der Waals surface area contributed by atoms with Crippen molar-refractivity contribution in [2.75, 3.05) is 5.88 Å². The van der Waals surface area contributed by atoms with E-state index in [9.17, 15) is 0 Å². The average Bonchev–Trinajstić information content (AvgIpc) is 2.01. The van der Waals surface area contributed by atoms with Crippen LogP contribution in [0.3, 0.4) is 0 Å². The van der Waals surface area contributed by atoms with E-state index in [1.807, 2.05) is 6.92 Å². The number of hydrogen-bond donors (Lipinski definition) is 3. The fourth-order valence-corrected chi connectivity index (χ4v) is 2.82. The second kappa shape index (κ2) is 6.78. The van der Waals surface area contributed by atoms with E-state index in [0.717, 1.165) is 25.7 Å². The van der Waals surface area contributed by atoms with E-state index >= 15 is 0 Å². The van der Waals surface area contributed by atoms with Crippen LogP contribution in [0.5, 0.6) is 0 Å². The van der Waals surface area contributed by atoms with E-state index in [1.165, 1.54) is 0 Å². The van der Waals surface area contributed by atoms with E-state index in [4.69, 9.17) is 26.0 Å². The van der Waals surface area contributed by atoms with E-state index in [1.54, 1.807) is 0 Å². The van der Waals surface area contributed by atoms with Crippen LogP contribution in [-0.2, 0) is 0 Å². The van der Waals surface area contributed by atoms with Crippen molar-refractivity contribution in [3.63, 3.8) is 0 Å². The molecule has 0 aromatic rings. The maximum Gasteiger partial charge on any atom is 0.493 e. The molecular weight excluding hydrogens is 208 g/mol. The maximum absolute atomic E-state index is 8.90. The molecule has 1 atom stereocenters. The Morgan fingerprint density at radius 1 is 1.23 bits per heavy atom. The molecule has 0 aromatic carbocycles. The fraction of sp³-hybridized carbons (Fsp3) is 1.00. The van der Waals surface area contributed by atoms with Crippen molar-refractivity contribution >= 4 is 20.4 Å². The molecule has 0 saturated carbocycles. The Labute approximate surface area is 85.7 Å². The molecule has 80 valence electrons. The van der Waals surface area contributed by atoms with Crippen molar-refractivity contribution in [1.29, 1.82) is 0 Å². The Balaban J connectivity index is 3.63. The third-order valence-electron chi connectivity index (χ3n) is 2.14. The van der Waals surface area contributed by atoms with Crippen LogP contribution in [0.15, 0.2) is 0 Å². The molecule has 0 bridgehead atoms. The van der Waals surface area contributed by atoms with Crippen LogP contribution >= 0.6 is 11.6 Å². The first-order chi connectivity index (χ1) is 5.99. The van der Waals surface area contributed by atoms with Crippen molar-refractivity contribution in [3.05, 3.63) is 0 Å². The van der Waals surface area contributed by atoms with Crippen molar-refractivity contribution in [2.24, 2.45) is 5.92 Å². The summed E-state index contributed by atoms with van der Waals surface area (Å²) in [6.45, 7) is 1.99. The molecule has 0 fully saturated rings. The van der Waals surface area contributed by atoms with Crippen LogP contribution in [0.25, 0.3) is 0 Å². The molecule has 0 saturated heterocycles. The molecule has 1 unspecified atom stereocenters. The largest absolute Gasteiger partial charge is 0.493 e. The number of halogens is 1. The van der Waals surface area contributed by atoms with Crippen LogP contribution < -0.4 is 0 Å². The van der Waals surface area contributed by atoms with Crippen LogP contribution in [-0.4, -0.2) is 29.1 Å². The fourth-order valence-electron chi connectivity index (χ4n) is 1.37. The van der Waals surface area contributed by atoms with Gasteiger partial charge in [-0.3, -0.25) is 0 Å². The van der Waals surface area contributed by atoms with Gasteiger partial charge in [0.05, 0.1) is 0 Å². The van der Waals surface area contributed by atoms with Crippen molar-refractivity contribution in [1.82, 2.24) is 0 Å². The Bertz CT molecular complexity index is 127. The predicted molar refractivity (Wildman–Crippen MR) is 55.6 cm³/mol. The normalized spacial score (nSPS) is 14.5. The van der Waals surface area contributed by atoms with Gasteiger partial charge in [0.15, 0.2) is 0 Å². The van der Waals surface area contributed by atoms with Gasteiger partial charge in [-0.15, -0.1) is 11.6 Å². The number of unbranched alkanes of at least 4 members (excludes halogenated alkanes) is 1. The van der Waals surface area contributed by atoms with Gasteiger partial charge in [0, 0.05) is 11.9 Å². The SMILES string of the molecule is CCC(CCCCCl)C[Si](O)(O)O. The lowest BCUT2D eigenvalue weighted by Crippen LogP contribution is -2.36. The molecule has 5 heteroatoms. The summed E-state index contributed by atoms with van der Waals surface area (Å²) in [6.07, 6.45) is 3.74. The summed E-state index contributed by atoms with van der Waals surface area (Å²) in [6, 6.07) is 0.159. The van der Waals surface area contributed by atoms with Crippen molar-refractivity contribution in [3.8, 4) is 0 Å². The molecule has 0 spiro atoms. The lowest BCUT2D eigenvalue weighted by atomic mass is 10.0. The smallest absolute Gasteiger partial charge is 0.390 e. The highest BCUT2D eigenvalue weighted by atomic mass is 35.5. The van der Waals surface area contributed by atoms with E-state index in [2.05, 4.69) is 0 Å². The third kappa shape index (κ3) is 8.71. The molecule has 0 amide bonds. The maximum atomic E-state index is 8.90. The predicted octanol–water partition coefficient (Wildman–Crippen LogP) is 1.34. The first-order valence-electron chi connectivity index (χ1n) is 4.72. The Morgan fingerprint density at radius 3 is 2.23 bits per heavy atom. The van der Waals surface area contributed by atoms with Crippen LogP contribution in [0, 0.1) is 5.92 Å². The quantitative estimate of drug-likeness (QED) is 0.349. The molecule has 0 aliphatic heterocycles. The molecule has 0 heterocycles. The summed E-state index contributed by atoms with van der Waals surface area (Å²) in [5.41, 5.74) is 0. The number of alkyl halides is 1. The molecule has 0 radical (unpaired) electrons. The van der Waals surface area contributed by atoms with Gasteiger partial charge in [0.2, 0.25) is 0 Å². The van der Waals surface area contributed by atoms with Gasteiger partial charge in [-0.2, -0.15) is 0 Å². The second-order valence-electron chi connectivity index (χ2n) is 3.44. The zero-order valence-corrected chi connectivity index (χ0v) is 9.80. The van der Waals surface area contributed by atoms with Gasteiger partial charge in [-0.1, -0.05) is 26.2 Å². The highest BCUT2D eigenvalue weighted by molar-refractivity contribution is 6.56. The first kappa shape index (κ1) is 13.4. The molecule has 0 rings (SSSR count). The molecule has 3 N–H and O–H groups in total. The summed E-state index contributed by atoms with van der Waals surface area (Å²) in [4.78, 5) is 26.7. The molecule has 3 nitrogen and oxygen atoms in total. The Kier molecular flexibility index (Phi) is 6.99. The molecule has 0 aliphatic carbocycles. The number of hydrogen-bond acceptors (Lipinski definition) is 3. The van der Waals surface area contributed by atoms with Gasteiger partial charge in [0.25, 0.3) is 0 Å². The minimum atomic E-state index is -3.83. The van der Waals surface area contributed by atoms with Gasteiger partial charge in [0.1, 0.15) is 0 Å². The molecule has 0 aliphatic rings. The van der Waals surface area contributed by atoms with Crippen molar-refractivity contribution < 1.29 is 14.4 Å². The minimum Gasteiger partial charge on any atom is -0.390 e. The standard InChI is InChI=1S/C8H19ClO3Si/c1-2-8(5-3-4-6-9)7-13(10,11)12/h8,10-12H,2-7H2,1H3. The van der Waals surface area contributed by atoms with Gasteiger partial charge in [-0.05, 0) is 12.3 Å². The van der Waals surface area contributed by atoms with E-state index < -0.39 is 8.80 Å². The summed E-state index contributed by atoms with van der Waals surface area (Å²) in [5, 5.41) is 0. The first-order valence-corrected chi connectivity index (χ1v) is 7.31. The Hall–Kier alpha value is 0.387. The van der Waals surface area contributed by atoms with Gasteiger partial charge < -0.3 is 14.4 Å². The van der Waals surface area contributed by atoms with E-state index in [-0.39, 0.29) is 12.0 Å². The van der Waals surface area contributed by atoms with Crippen LogP contribution in [0.2, 0.25) is 6.04 Å². The number of rotatable bonds is 7. The summed E-state index contributed by atoms with van der Waals surface area (Å²) in [7, 11) is -3.83. The second-order valence-corrected chi connectivity index (χ2v) is 5.77. The zero-order valence-electron chi connectivity index (χ0n) is 8.04. The van der Waals surface area contributed by atoms with Crippen LogP contribution in [0.1, 0.15) is 32.6 Å². The topological polar surface area (TPSA) is 60.7 Å². The summed E-state index contributed by atoms with van der Waals surface area (Å²) in [5.74, 6) is 0.867. The summed E-state index contributed by atoms with van der Waals surface area (Å²) < 4.78 is 0. The van der Waals surface area contributed by atoms with Crippen molar-refractivity contribution in [2.45, 2.75) is 38.7 Å². The molecule has 0 aromatic heterocycles. The molecular formula is C8H19ClO3Si. The highest BCUT2D eigenvalue weighted by Gasteiger charge is 2.30. The van der Waals surface area contributed by atoms with Gasteiger partial charge in [-0.25, -0.2) is 0 Å². The zero-order chi connectivity index (χ0) is 10.3. The molecule has 13 heavy (non-hydrogen) atoms. The van der Waals surface area contributed by atoms with Crippen LogP contribution in [0.4, 0.5) is 0 Å². The van der Waals surface area contributed by atoms with E-state index in [0.29, 0.717) is 5.88 Å². The lowest BCUT2D eigenvalue weighted by Gasteiger charge is -2.17. The highest BCUT2D eigenvalue weighted by Crippen LogP contribution is 2.20. The monoisotopic (exact) mass is 226 g/mol. The summed E-state index contributed by atoms with van der Waals surface area (Å²) >= 11 is 5.52. The average molecular weight is 227 g/mol.